The third kappa shape index (κ3) is 6.33. The summed E-state index contributed by atoms with van der Waals surface area (Å²) in [6.45, 7) is 5.72. The lowest BCUT2D eigenvalue weighted by Gasteiger charge is -2.12. The van der Waals surface area contributed by atoms with Crippen LogP contribution in [0.15, 0.2) is 46.3 Å². The third-order valence-corrected chi connectivity index (χ3v) is 5.03. The molecule has 1 aromatic carbocycles. The number of aromatic nitrogens is 1. The van der Waals surface area contributed by atoms with E-state index in [1.807, 2.05) is 55.6 Å². The van der Waals surface area contributed by atoms with Gasteiger partial charge < -0.3 is 24.1 Å². The molecule has 0 unspecified atom stereocenters. The van der Waals surface area contributed by atoms with Gasteiger partial charge in [0.2, 0.25) is 5.91 Å². The number of rotatable bonds is 12. The first-order valence-electron chi connectivity index (χ1n) is 9.92. The maximum absolute atomic E-state index is 12.0. The van der Waals surface area contributed by atoms with E-state index >= 15 is 0 Å². The second-order valence-electron chi connectivity index (χ2n) is 6.40. The number of thiophene rings is 1. The lowest BCUT2D eigenvalue weighted by molar-refractivity contribution is -0.126. The molecule has 1 amide bonds. The Morgan fingerprint density at radius 2 is 1.97 bits per heavy atom. The Morgan fingerprint density at radius 1 is 1.13 bits per heavy atom. The van der Waals surface area contributed by atoms with Gasteiger partial charge in [-0.25, -0.2) is 0 Å². The van der Waals surface area contributed by atoms with E-state index in [0.717, 1.165) is 21.9 Å². The van der Waals surface area contributed by atoms with Crippen molar-refractivity contribution in [3.8, 4) is 22.1 Å². The summed E-state index contributed by atoms with van der Waals surface area (Å²) in [7, 11) is 0. The highest BCUT2D eigenvalue weighted by atomic mass is 32.1. The minimum absolute atomic E-state index is 0.0331. The number of nitrogens with one attached hydrogen (secondary N) is 1. The molecule has 8 heteroatoms. The minimum atomic E-state index is -0.173. The molecule has 0 fully saturated rings. The van der Waals surface area contributed by atoms with Gasteiger partial charge in [0.25, 0.3) is 0 Å². The van der Waals surface area contributed by atoms with Gasteiger partial charge in [-0.2, -0.15) is 0 Å². The molecule has 1 N–H and O–H groups in total. The first kappa shape index (κ1) is 21.9. The van der Waals surface area contributed by atoms with Crippen LogP contribution in [0.25, 0.3) is 10.6 Å². The molecule has 0 aliphatic rings. The number of hydrogen-bond acceptors (Lipinski definition) is 7. The van der Waals surface area contributed by atoms with E-state index in [1.54, 1.807) is 11.3 Å². The van der Waals surface area contributed by atoms with E-state index < -0.39 is 0 Å². The first-order chi connectivity index (χ1) is 14.7. The molecule has 0 aliphatic carbocycles. The molecule has 0 saturated carbocycles. The quantitative estimate of drug-likeness (QED) is 0.466. The van der Waals surface area contributed by atoms with E-state index in [2.05, 4.69) is 10.5 Å². The first-order valence-corrected chi connectivity index (χ1v) is 10.8. The zero-order valence-corrected chi connectivity index (χ0v) is 18.0. The number of carbonyl (C=O) groups is 1. The summed E-state index contributed by atoms with van der Waals surface area (Å²) in [6.07, 6.45) is 0.686. The van der Waals surface area contributed by atoms with Crippen molar-refractivity contribution >= 4 is 17.2 Å². The standard InChI is InChI=1S/C22H26N2O5S/c1-3-27-18-8-7-16(12-19(18)28-4-2)9-10-23-22(25)15-26-14-17-13-20(29-24-17)21-6-5-11-30-21/h5-8,11-13H,3-4,9-10,14-15H2,1-2H3,(H,23,25). The molecular formula is C22H26N2O5S. The number of hydrogen-bond donors (Lipinski definition) is 1. The van der Waals surface area contributed by atoms with E-state index in [9.17, 15) is 4.79 Å². The molecule has 0 aliphatic heterocycles. The molecule has 3 rings (SSSR count). The van der Waals surface area contributed by atoms with Gasteiger partial charge in [0.15, 0.2) is 17.3 Å². The molecule has 0 bridgehead atoms. The average Bonchev–Trinajstić information content (AvgIpc) is 3.42. The van der Waals surface area contributed by atoms with Crippen LogP contribution in [0.5, 0.6) is 11.5 Å². The maximum atomic E-state index is 12.0. The van der Waals surface area contributed by atoms with Crippen molar-refractivity contribution in [3.05, 3.63) is 53.0 Å². The van der Waals surface area contributed by atoms with Gasteiger partial charge in [-0.3, -0.25) is 4.79 Å². The summed E-state index contributed by atoms with van der Waals surface area (Å²) in [5.74, 6) is 1.99. The Bertz CT molecular complexity index is 924. The Labute approximate surface area is 179 Å². The van der Waals surface area contributed by atoms with Crippen LogP contribution >= 0.6 is 11.3 Å². The van der Waals surface area contributed by atoms with Gasteiger partial charge in [0.1, 0.15) is 12.3 Å². The zero-order chi connectivity index (χ0) is 21.2. The van der Waals surface area contributed by atoms with Gasteiger partial charge in [0.05, 0.1) is 24.7 Å². The number of carbonyl (C=O) groups excluding carboxylic acids is 1. The highest BCUT2D eigenvalue weighted by molar-refractivity contribution is 7.13. The van der Waals surface area contributed by atoms with Crippen molar-refractivity contribution in [3.63, 3.8) is 0 Å². The van der Waals surface area contributed by atoms with Gasteiger partial charge in [0, 0.05) is 12.6 Å². The molecule has 0 atom stereocenters. The Kier molecular flexibility index (Phi) is 8.29. The lowest BCUT2D eigenvalue weighted by atomic mass is 10.1. The molecule has 0 saturated heterocycles. The third-order valence-electron chi connectivity index (χ3n) is 4.15. The Hall–Kier alpha value is -2.84. The summed E-state index contributed by atoms with van der Waals surface area (Å²) >= 11 is 1.58. The molecule has 160 valence electrons. The van der Waals surface area contributed by atoms with E-state index in [4.69, 9.17) is 18.7 Å². The van der Waals surface area contributed by atoms with Crippen LogP contribution in [0.2, 0.25) is 0 Å². The second-order valence-corrected chi connectivity index (χ2v) is 7.35. The van der Waals surface area contributed by atoms with Crippen molar-refractivity contribution in [2.75, 3.05) is 26.4 Å². The topological polar surface area (TPSA) is 82.8 Å². The predicted molar refractivity (Wildman–Crippen MR) is 115 cm³/mol. The molecule has 0 spiro atoms. The Morgan fingerprint density at radius 3 is 2.73 bits per heavy atom. The zero-order valence-electron chi connectivity index (χ0n) is 17.2. The van der Waals surface area contributed by atoms with Gasteiger partial charge in [-0.05, 0) is 49.4 Å². The normalized spacial score (nSPS) is 10.7. The van der Waals surface area contributed by atoms with E-state index in [0.29, 0.717) is 37.6 Å². The molecule has 2 aromatic heterocycles. The molecule has 7 nitrogen and oxygen atoms in total. The van der Waals surface area contributed by atoms with Crippen molar-refractivity contribution in [2.45, 2.75) is 26.9 Å². The summed E-state index contributed by atoms with van der Waals surface area (Å²) in [5, 5.41) is 8.80. The number of amides is 1. The largest absolute Gasteiger partial charge is 0.490 e. The molecular weight excluding hydrogens is 404 g/mol. The van der Waals surface area contributed by atoms with Crippen molar-refractivity contribution in [1.82, 2.24) is 10.5 Å². The summed E-state index contributed by atoms with van der Waals surface area (Å²) in [6, 6.07) is 11.6. The molecule has 2 heterocycles. The second kappa shape index (κ2) is 11.4. The SMILES string of the molecule is CCOc1ccc(CCNC(=O)COCc2cc(-c3cccs3)on2)cc1OCC. The van der Waals surface area contributed by atoms with Crippen molar-refractivity contribution < 1.29 is 23.5 Å². The summed E-state index contributed by atoms with van der Waals surface area (Å²) < 4.78 is 21.9. The van der Waals surface area contributed by atoms with Gasteiger partial charge in [-0.1, -0.05) is 17.3 Å². The van der Waals surface area contributed by atoms with Crippen LogP contribution in [0.4, 0.5) is 0 Å². The van der Waals surface area contributed by atoms with Crippen LogP contribution in [0.3, 0.4) is 0 Å². The van der Waals surface area contributed by atoms with Crippen LogP contribution in [-0.4, -0.2) is 37.4 Å². The smallest absolute Gasteiger partial charge is 0.246 e. The van der Waals surface area contributed by atoms with Crippen molar-refractivity contribution in [1.29, 1.82) is 0 Å². The average molecular weight is 431 g/mol. The van der Waals surface area contributed by atoms with Crippen LogP contribution in [0.1, 0.15) is 25.1 Å². The fourth-order valence-corrected chi connectivity index (χ4v) is 3.48. The van der Waals surface area contributed by atoms with Gasteiger partial charge in [-0.15, -0.1) is 11.3 Å². The summed E-state index contributed by atoms with van der Waals surface area (Å²) in [5.41, 5.74) is 1.72. The highest BCUT2D eigenvalue weighted by Gasteiger charge is 2.09. The fourth-order valence-electron chi connectivity index (χ4n) is 2.81. The monoisotopic (exact) mass is 430 g/mol. The molecule has 0 radical (unpaired) electrons. The van der Waals surface area contributed by atoms with Crippen LogP contribution < -0.4 is 14.8 Å². The summed E-state index contributed by atoms with van der Waals surface area (Å²) in [4.78, 5) is 13.0. The number of ether oxygens (including phenoxy) is 3. The lowest BCUT2D eigenvalue weighted by Crippen LogP contribution is -2.29. The van der Waals surface area contributed by atoms with Crippen LogP contribution in [0, 0.1) is 0 Å². The van der Waals surface area contributed by atoms with E-state index in [1.165, 1.54) is 0 Å². The predicted octanol–water partition coefficient (Wildman–Crippen LogP) is 4.08. The number of nitrogens with zero attached hydrogens (tertiary/aromatic N) is 1. The fraction of sp³-hybridized carbons (Fsp3) is 0.364. The maximum Gasteiger partial charge on any atom is 0.246 e. The Balaban J connectivity index is 1.38. The van der Waals surface area contributed by atoms with Gasteiger partial charge >= 0.3 is 0 Å². The number of benzene rings is 1. The van der Waals surface area contributed by atoms with Crippen LogP contribution in [-0.2, 0) is 22.6 Å². The highest BCUT2D eigenvalue weighted by Crippen LogP contribution is 2.28. The molecule has 30 heavy (non-hydrogen) atoms. The minimum Gasteiger partial charge on any atom is -0.490 e. The van der Waals surface area contributed by atoms with E-state index in [-0.39, 0.29) is 19.1 Å². The van der Waals surface area contributed by atoms with Crippen molar-refractivity contribution in [2.24, 2.45) is 0 Å². The molecule has 3 aromatic rings.